The van der Waals surface area contributed by atoms with Crippen LogP contribution in [0.2, 0.25) is 0 Å². The van der Waals surface area contributed by atoms with Gasteiger partial charge in [-0.15, -0.1) is 0 Å². The van der Waals surface area contributed by atoms with Gasteiger partial charge in [-0.3, -0.25) is 14.5 Å². The van der Waals surface area contributed by atoms with Gasteiger partial charge in [-0.25, -0.2) is 4.79 Å². The van der Waals surface area contributed by atoms with Crippen molar-refractivity contribution in [3.05, 3.63) is 0 Å². The summed E-state index contributed by atoms with van der Waals surface area (Å²) in [5, 5.41) is 0. The summed E-state index contributed by atoms with van der Waals surface area (Å²) < 4.78 is 10.4. The van der Waals surface area contributed by atoms with Crippen molar-refractivity contribution < 1.29 is 23.9 Å². The molecule has 0 bridgehead atoms. The lowest BCUT2D eigenvalue weighted by Crippen LogP contribution is -2.67. The van der Waals surface area contributed by atoms with Crippen LogP contribution in [0.15, 0.2) is 0 Å². The van der Waals surface area contributed by atoms with Gasteiger partial charge in [0, 0.05) is 6.54 Å². The van der Waals surface area contributed by atoms with E-state index in [1.54, 1.807) is 27.7 Å². The van der Waals surface area contributed by atoms with Crippen LogP contribution in [0.25, 0.3) is 0 Å². The monoisotopic (exact) mass is 311 g/mol. The van der Waals surface area contributed by atoms with E-state index in [0.29, 0.717) is 25.8 Å². The molecule has 1 aliphatic heterocycles. The van der Waals surface area contributed by atoms with Crippen molar-refractivity contribution in [1.82, 2.24) is 4.90 Å². The fourth-order valence-corrected chi connectivity index (χ4v) is 3.14. The fourth-order valence-electron chi connectivity index (χ4n) is 3.14. The standard InChI is InChI=1S/C16H25NO5/c1-5-21-13(19)11-7-10-17(14(20)22-15(2,3)4)16(12(11)18)8-6-9-16/h11H,5-10H2,1-4H3. The van der Waals surface area contributed by atoms with Crippen molar-refractivity contribution in [1.29, 1.82) is 0 Å². The second-order valence-corrected chi connectivity index (χ2v) is 6.97. The van der Waals surface area contributed by atoms with Crippen molar-refractivity contribution in [2.75, 3.05) is 13.2 Å². The molecule has 0 aromatic carbocycles. The van der Waals surface area contributed by atoms with Crippen molar-refractivity contribution >= 4 is 17.8 Å². The minimum atomic E-state index is -0.863. The summed E-state index contributed by atoms with van der Waals surface area (Å²) in [5.74, 6) is -1.41. The van der Waals surface area contributed by atoms with Crippen molar-refractivity contribution in [2.24, 2.45) is 5.92 Å². The molecule has 0 radical (unpaired) electrons. The highest BCUT2D eigenvalue weighted by atomic mass is 16.6. The van der Waals surface area contributed by atoms with Crippen LogP contribution in [-0.2, 0) is 19.1 Å². The van der Waals surface area contributed by atoms with Crippen LogP contribution < -0.4 is 0 Å². The lowest BCUT2D eigenvalue weighted by molar-refractivity contribution is -0.162. The summed E-state index contributed by atoms with van der Waals surface area (Å²) in [6, 6.07) is 0. The number of piperidine rings is 1. The number of carbonyl (C=O) groups is 3. The van der Waals surface area contributed by atoms with E-state index >= 15 is 0 Å². The average molecular weight is 311 g/mol. The molecule has 22 heavy (non-hydrogen) atoms. The molecule has 1 saturated carbocycles. The smallest absolute Gasteiger partial charge is 0.411 e. The Morgan fingerprint density at radius 1 is 1.32 bits per heavy atom. The number of rotatable bonds is 2. The molecule has 124 valence electrons. The Kier molecular flexibility index (Phi) is 4.49. The maximum atomic E-state index is 12.8. The number of nitrogens with zero attached hydrogens (tertiary/aromatic N) is 1. The molecule has 1 spiro atoms. The quantitative estimate of drug-likeness (QED) is 0.578. The van der Waals surface area contributed by atoms with Crippen molar-refractivity contribution in [3.63, 3.8) is 0 Å². The van der Waals surface area contributed by atoms with Crippen molar-refractivity contribution in [2.45, 2.75) is 64.5 Å². The van der Waals surface area contributed by atoms with Gasteiger partial charge in [0.05, 0.1) is 6.61 Å². The first-order valence-corrected chi connectivity index (χ1v) is 7.93. The maximum Gasteiger partial charge on any atom is 0.411 e. The third-order valence-electron chi connectivity index (χ3n) is 4.30. The van der Waals surface area contributed by atoms with E-state index in [4.69, 9.17) is 9.47 Å². The zero-order chi connectivity index (χ0) is 16.5. The summed E-state index contributed by atoms with van der Waals surface area (Å²) in [7, 11) is 0. The van der Waals surface area contributed by atoms with Gasteiger partial charge in [0.25, 0.3) is 0 Å². The minimum Gasteiger partial charge on any atom is -0.465 e. The normalized spacial score (nSPS) is 23.9. The van der Waals surface area contributed by atoms with Gasteiger partial charge in [-0.1, -0.05) is 0 Å². The molecular weight excluding hydrogens is 286 g/mol. The van der Waals surface area contributed by atoms with E-state index in [9.17, 15) is 14.4 Å². The third-order valence-corrected chi connectivity index (χ3v) is 4.30. The van der Waals surface area contributed by atoms with Crippen LogP contribution in [0.3, 0.4) is 0 Å². The number of likely N-dealkylation sites (tertiary alicyclic amines) is 1. The molecule has 2 fully saturated rings. The summed E-state index contributed by atoms with van der Waals surface area (Å²) >= 11 is 0. The molecule has 1 heterocycles. The van der Waals surface area contributed by atoms with E-state index in [1.807, 2.05) is 0 Å². The molecule has 1 saturated heterocycles. The molecule has 1 aliphatic carbocycles. The summed E-state index contributed by atoms with van der Waals surface area (Å²) in [6.45, 7) is 7.72. The fraction of sp³-hybridized carbons (Fsp3) is 0.812. The topological polar surface area (TPSA) is 72.9 Å². The molecule has 6 heteroatoms. The Hall–Kier alpha value is -1.59. The zero-order valence-electron chi connectivity index (χ0n) is 13.8. The minimum absolute atomic E-state index is 0.186. The summed E-state index contributed by atoms with van der Waals surface area (Å²) in [6.07, 6.45) is 1.91. The molecule has 2 rings (SSSR count). The zero-order valence-corrected chi connectivity index (χ0v) is 13.8. The highest BCUT2D eigenvalue weighted by molar-refractivity contribution is 6.06. The van der Waals surface area contributed by atoms with E-state index in [-0.39, 0.29) is 12.4 Å². The maximum absolute atomic E-state index is 12.8. The SMILES string of the molecule is CCOC(=O)C1CCN(C(=O)OC(C)(C)C)C2(CCC2)C1=O. The number of ketones is 1. The second-order valence-electron chi connectivity index (χ2n) is 6.97. The first kappa shape index (κ1) is 16.8. The number of hydrogen-bond donors (Lipinski definition) is 0. The Morgan fingerprint density at radius 3 is 2.41 bits per heavy atom. The number of Topliss-reactive ketones (excluding diaryl/α,β-unsaturated/α-hetero) is 1. The number of amides is 1. The Morgan fingerprint density at radius 2 is 1.95 bits per heavy atom. The molecule has 1 amide bonds. The number of hydrogen-bond acceptors (Lipinski definition) is 5. The average Bonchev–Trinajstić information content (AvgIpc) is 2.34. The molecule has 1 atom stereocenters. The molecule has 6 nitrogen and oxygen atoms in total. The van der Waals surface area contributed by atoms with Gasteiger partial charge in [0.2, 0.25) is 0 Å². The lowest BCUT2D eigenvalue weighted by Gasteiger charge is -2.52. The van der Waals surface area contributed by atoms with Crippen LogP contribution in [0.5, 0.6) is 0 Å². The van der Waals surface area contributed by atoms with Crippen LogP contribution in [0.1, 0.15) is 53.4 Å². The van der Waals surface area contributed by atoms with E-state index in [1.165, 1.54) is 4.90 Å². The highest BCUT2D eigenvalue weighted by Crippen LogP contribution is 2.44. The Labute approximate surface area is 131 Å². The molecule has 2 aliphatic rings. The summed E-state index contributed by atoms with van der Waals surface area (Å²) in [4.78, 5) is 38.7. The lowest BCUT2D eigenvalue weighted by atomic mass is 9.66. The van der Waals surface area contributed by atoms with E-state index in [0.717, 1.165) is 6.42 Å². The predicted molar refractivity (Wildman–Crippen MR) is 79.3 cm³/mol. The van der Waals surface area contributed by atoms with Gasteiger partial charge in [0.15, 0.2) is 5.78 Å². The molecule has 0 aromatic heterocycles. The van der Waals surface area contributed by atoms with Gasteiger partial charge >= 0.3 is 12.1 Å². The highest BCUT2D eigenvalue weighted by Gasteiger charge is 2.57. The first-order chi connectivity index (χ1) is 10.2. The molecular formula is C16H25NO5. The van der Waals surface area contributed by atoms with E-state index in [2.05, 4.69) is 0 Å². The van der Waals surface area contributed by atoms with Crippen LogP contribution in [0, 0.1) is 5.92 Å². The van der Waals surface area contributed by atoms with Gasteiger partial charge < -0.3 is 9.47 Å². The molecule has 0 N–H and O–H groups in total. The number of esters is 1. The van der Waals surface area contributed by atoms with Crippen LogP contribution in [-0.4, -0.2) is 47.0 Å². The Bertz CT molecular complexity index is 475. The largest absolute Gasteiger partial charge is 0.465 e. The van der Waals surface area contributed by atoms with Gasteiger partial charge in [-0.05, 0) is 53.4 Å². The molecule has 1 unspecified atom stereocenters. The predicted octanol–water partition coefficient (Wildman–Crippen LogP) is 2.30. The number of carbonyl (C=O) groups excluding carboxylic acids is 3. The molecule has 0 aromatic rings. The van der Waals surface area contributed by atoms with Gasteiger partial charge in [0.1, 0.15) is 17.1 Å². The first-order valence-electron chi connectivity index (χ1n) is 7.93. The number of ether oxygens (including phenoxy) is 2. The summed E-state index contributed by atoms with van der Waals surface area (Å²) in [5.41, 5.74) is -1.47. The van der Waals surface area contributed by atoms with Crippen LogP contribution in [0.4, 0.5) is 4.79 Å². The second kappa shape index (κ2) is 5.89. The van der Waals surface area contributed by atoms with Gasteiger partial charge in [-0.2, -0.15) is 0 Å². The van der Waals surface area contributed by atoms with Crippen molar-refractivity contribution in [3.8, 4) is 0 Å². The third kappa shape index (κ3) is 2.96. The van der Waals surface area contributed by atoms with Crippen LogP contribution >= 0.6 is 0 Å². The van der Waals surface area contributed by atoms with E-state index < -0.39 is 29.1 Å². The Balaban J connectivity index is 2.17.